The van der Waals surface area contributed by atoms with Crippen LogP contribution in [0.3, 0.4) is 0 Å². The van der Waals surface area contributed by atoms with Gasteiger partial charge in [0.25, 0.3) is 0 Å². The lowest BCUT2D eigenvalue weighted by molar-refractivity contribution is -0.573. The highest BCUT2D eigenvalue weighted by molar-refractivity contribution is 5.85. The summed E-state index contributed by atoms with van der Waals surface area (Å²) in [5.41, 5.74) is 16.7. The zero-order valence-electron chi connectivity index (χ0n) is 20.5. The summed E-state index contributed by atoms with van der Waals surface area (Å²) in [6, 6.07) is 38.2. The van der Waals surface area contributed by atoms with Gasteiger partial charge in [-0.2, -0.15) is 4.57 Å². The molecular weight excluding hydrogens is 502 g/mol. The van der Waals surface area contributed by atoms with E-state index in [9.17, 15) is 0 Å². The van der Waals surface area contributed by atoms with E-state index in [1.54, 1.807) is 0 Å². The third-order valence-corrected chi connectivity index (χ3v) is 7.81. The summed E-state index contributed by atoms with van der Waals surface area (Å²) in [7, 11) is 0. The van der Waals surface area contributed by atoms with Crippen molar-refractivity contribution in [3.8, 4) is 39.3 Å². The molecule has 0 unspecified atom stereocenters. The summed E-state index contributed by atoms with van der Waals surface area (Å²) < 4.78 is 2.59. The Morgan fingerprint density at radius 3 is 1.58 bits per heavy atom. The second-order valence-electron chi connectivity index (χ2n) is 9.88. The molecule has 0 bridgehead atoms. The van der Waals surface area contributed by atoms with Crippen molar-refractivity contribution in [2.24, 2.45) is 0 Å². The lowest BCUT2D eigenvalue weighted by atomic mass is 9.77. The SMILES string of the molecule is Cc1ccc(-[n+]2c3c(c(-c4ccccc4)c4c2-c2ccccc2CC4)CCc2ccccc2-3)cc1.[Br-]. The molecule has 0 fully saturated rings. The van der Waals surface area contributed by atoms with Crippen LogP contribution in [0, 0.1) is 6.92 Å². The number of halogens is 1. The highest BCUT2D eigenvalue weighted by atomic mass is 79.9. The molecule has 1 heterocycles. The summed E-state index contributed by atoms with van der Waals surface area (Å²) >= 11 is 0. The van der Waals surface area contributed by atoms with Crippen LogP contribution in [-0.4, -0.2) is 0 Å². The minimum Gasteiger partial charge on any atom is -1.00 e. The van der Waals surface area contributed by atoms with E-state index in [2.05, 4.69) is 115 Å². The zero-order chi connectivity index (χ0) is 23.4. The summed E-state index contributed by atoms with van der Waals surface area (Å²) in [5.74, 6) is 0. The number of hydrogen-bond donors (Lipinski definition) is 0. The molecule has 0 N–H and O–H groups in total. The molecule has 0 aliphatic heterocycles. The number of pyridine rings is 1. The number of aromatic nitrogens is 1. The Labute approximate surface area is 223 Å². The first-order chi connectivity index (χ1) is 17.3. The third-order valence-electron chi connectivity index (χ3n) is 7.81. The van der Waals surface area contributed by atoms with E-state index in [0.29, 0.717) is 0 Å². The molecule has 36 heavy (non-hydrogen) atoms. The maximum absolute atomic E-state index is 2.59. The number of fused-ring (bicyclic) bond motifs is 6. The number of hydrogen-bond acceptors (Lipinski definition) is 0. The fourth-order valence-corrected chi connectivity index (χ4v) is 6.22. The molecule has 0 atom stereocenters. The normalized spacial score (nSPS) is 13.0. The van der Waals surface area contributed by atoms with Gasteiger partial charge >= 0.3 is 0 Å². The Kier molecular flexibility index (Phi) is 5.85. The van der Waals surface area contributed by atoms with E-state index >= 15 is 0 Å². The molecule has 2 heteroatoms. The highest BCUT2D eigenvalue weighted by Crippen LogP contribution is 2.45. The van der Waals surface area contributed by atoms with Gasteiger partial charge in [0.2, 0.25) is 17.1 Å². The Hall–Kier alpha value is -3.49. The molecule has 0 saturated heterocycles. The molecule has 7 rings (SSSR count). The van der Waals surface area contributed by atoms with Crippen molar-refractivity contribution in [1.82, 2.24) is 0 Å². The average molecular weight is 531 g/mol. The second-order valence-corrected chi connectivity index (χ2v) is 9.88. The van der Waals surface area contributed by atoms with Crippen LogP contribution in [0.5, 0.6) is 0 Å². The first-order valence-electron chi connectivity index (χ1n) is 12.7. The number of benzene rings is 4. The Bertz CT molecular complexity index is 1510. The lowest BCUT2D eigenvalue weighted by Crippen LogP contribution is -3.00. The van der Waals surface area contributed by atoms with Crippen LogP contribution >= 0.6 is 0 Å². The molecule has 2 aliphatic carbocycles. The smallest absolute Gasteiger partial charge is 0.223 e. The highest BCUT2D eigenvalue weighted by Gasteiger charge is 2.38. The van der Waals surface area contributed by atoms with E-state index in [1.165, 1.54) is 67.1 Å². The van der Waals surface area contributed by atoms with Crippen molar-refractivity contribution in [1.29, 1.82) is 0 Å². The Balaban J connectivity index is 0.00000240. The van der Waals surface area contributed by atoms with Crippen molar-refractivity contribution < 1.29 is 21.5 Å². The maximum Gasteiger partial charge on any atom is 0.223 e. The van der Waals surface area contributed by atoms with Crippen LogP contribution in [0.1, 0.15) is 27.8 Å². The summed E-state index contributed by atoms with van der Waals surface area (Å²) in [5, 5.41) is 0. The Morgan fingerprint density at radius 2 is 1.03 bits per heavy atom. The van der Waals surface area contributed by atoms with Gasteiger partial charge in [-0.1, -0.05) is 84.4 Å². The minimum atomic E-state index is 0. The van der Waals surface area contributed by atoms with Crippen molar-refractivity contribution in [3.63, 3.8) is 0 Å². The van der Waals surface area contributed by atoms with Crippen LogP contribution in [-0.2, 0) is 25.7 Å². The van der Waals surface area contributed by atoms with Gasteiger partial charge in [-0.05, 0) is 61.4 Å². The molecule has 2 aliphatic rings. The third kappa shape index (κ3) is 3.55. The predicted octanol–water partition coefficient (Wildman–Crippen LogP) is 4.47. The van der Waals surface area contributed by atoms with E-state index in [0.717, 1.165) is 25.7 Å². The fourth-order valence-electron chi connectivity index (χ4n) is 6.22. The minimum absolute atomic E-state index is 0. The van der Waals surface area contributed by atoms with Crippen LogP contribution in [0.15, 0.2) is 103 Å². The molecule has 0 radical (unpaired) electrons. The second kappa shape index (κ2) is 9.19. The summed E-state index contributed by atoms with van der Waals surface area (Å²) in [6.07, 6.45) is 4.31. The van der Waals surface area contributed by atoms with Gasteiger partial charge in [0, 0.05) is 28.8 Å². The summed E-state index contributed by atoms with van der Waals surface area (Å²) in [6.45, 7) is 2.17. The van der Waals surface area contributed by atoms with Gasteiger partial charge < -0.3 is 17.0 Å². The van der Waals surface area contributed by atoms with Crippen molar-refractivity contribution in [2.75, 3.05) is 0 Å². The van der Waals surface area contributed by atoms with Crippen LogP contribution in [0.2, 0.25) is 0 Å². The molecular formula is C34H28BrN. The number of rotatable bonds is 2. The van der Waals surface area contributed by atoms with Crippen molar-refractivity contribution in [3.05, 3.63) is 131 Å². The van der Waals surface area contributed by atoms with Gasteiger partial charge in [-0.15, -0.1) is 0 Å². The molecule has 0 amide bonds. The molecule has 0 spiro atoms. The van der Waals surface area contributed by atoms with Crippen LogP contribution in [0.25, 0.3) is 39.3 Å². The molecule has 4 aromatic carbocycles. The molecule has 1 aromatic heterocycles. The van der Waals surface area contributed by atoms with Gasteiger partial charge in [-0.3, -0.25) is 0 Å². The van der Waals surface area contributed by atoms with E-state index in [4.69, 9.17) is 0 Å². The average Bonchev–Trinajstić information content (AvgIpc) is 2.92. The Morgan fingerprint density at radius 1 is 0.528 bits per heavy atom. The zero-order valence-corrected chi connectivity index (χ0v) is 22.1. The molecule has 176 valence electrons. The first kappa shape index (κ1) is 22.9. The largest absolute Gasteiger partial charge is 1.00 e. The standard InChI is InChI=1S/C34H28N.BrH/c1-23-15-19-27(20-16-23)35-33-28-13-7-5-9-24(28)17-21-30(33)32(26-11-3-2-4-12-26)31-22-18-25-10-6-8-14-29(25)34(31)35;/h2-16,19-20H,17-18,21-22H2,1H3;1H/q+1;/p-1. The maximum atomic E-state index is 2.59. The van der Waals surface area contributed by atoms with E-state index in [1.807, 2.05) is 0 Å². The number of nitrogens with zero attached hydrogens (tertiary/aromatic N) is 1. The van der Waals surface area contributed by atoms with E-state index < -0.39 is 0 Å². The van der Waals surface area contributed by atoms with Gasteiger partial charge in [0.05, 0.1) is 11.1 Å². The predicted molar refractivity (Wildman–Crippen MR) is 144 cm³/mol. The van der Waals surface area contributed by atoms with Gasteiger partial charge in [-0.25, -0.2) is 0 Å². The first-order valence-corrected chi connectivity index (χ1v) is 12.7. The molecule has 1 nitrogen and oxygen atoms in total. The van der Waals surface area contributed by atoms with Crippen molar-refractivity contribution >= 4 is 0 Å². The van der Waals surface area contributed by atoms with Crippen LogP contribution in [0.4, 0.5) is 0 Å². The van der Waals surface area contributed by atoms with Gasteiger partial charge in [0.15, 0.2) is 0 Å². The topological polar surface area (TPSA) is 3.88 Å². The van der Waals surface area contributed by atoms with E-state index in [-0.39, 0.29) is 17.0 Å². The number of aryl methyl sites for hydroxylation is 3. The summed E-state index contributed by atoms with van der Waals surface area (Å²) in [4.78, 5) is 0. The molecule has 0 saturated carbocycles. The monoisotopic (exact) mass is 529 g/mol. The van der Waals surface area contributed by atoms with Crippen molar-refractivity contribution in [2.45, 2.75) is 32.6 Å². The van der Waals surface area contributed by atoms with Crippen LogP contribution < -0.4 is 21.5 Å². The quantitative estimate of drug-likeness (QED) is 0.297. The lowest BCUT2D eigenvalue weighted by Gasteiger charge is -2.28. The fraction of sp³-hybridized carbons (Fsp3) is 0.147. The van der Waals surface area contributed by atoms with Gasteiger partial charge in [0.1, 0.15) is 0 Å². The molecule has 5 aromatic rings.